The highest BCUT2D eigenvalue weighted by Gasteiger charge is 2.61. The van der Waals surface area contributed by atoms with Crippen LogP contribution >= 0.6 is 0 Å². The fraction of sp³-hybridized carbons (Fsp3) is 0.889. The van der Waals surface area contributed by atoms with E-state index in [0.29, 0.717) is 0 Å². The molecule has 158 valence electrons. The quantitative estimate of drug-likeness (QED) is 0.637. The van der Waals surface area contributed by atoms with E-state index >= 15 is 0 Å². The molecule has 0 radical (unpaired) electrons. The molecule has 0 bridgehead atoms. The number of fused-ring (bicyclic) bond motifs is 3. The van der Waals surface area contributed by atoms with Gasteiger partial charge in [-0.2, -0.15) is 0 Å². The second kappa shape index (κ2) is 6.53. The highest BCUT2D eigenvalue weighted by atomic mass is 16.9. The highest BCUT2D eigenvalue weighted by Crippen LogP contribution is 2.44. The number of hydrogen-bond donors (Lipinski definition) is 0. The number of esters is 1. The van der Waals surface area contributed by atoms with Crippen LogP contribution < -0.4 is 0 Å². The van der Waals surface area contributed by atoms with Gasteiger partial charge in [-0.3, -0.25) is 4.79 Å². The van der Waals surface area contributed by atoms with Crippen LogP contribution in [0.3, 0.4) is 0 Å². The van der Waals surface area contributed by atoms with Gasteiger partial charge < -0.3 is 37.9 Å². The van der Waals surface area contributed by atoms with Gasteiger partial charge in [-0.25, -0.2) is 4.79 Å². The molecular weight excluding hydrogens is 376 g/mol. The maximum atomic E-state index is 12.5. The molecule has 4 fully saturated rings. The second-order valence-corrected chi connectivity index (χ2v) is 8.69. The van der Waals surface area contributed by atoms with E-state index in [1.807, 2.05) is 0 Å². The highest BCUT2D eigenvalue weighted by molar-refractivity contribution is 5.78. The van der Waals surface area contributed by atoms with E-state index in [1.54, 1.807) is 34.6 Å². The van der Waals surface area contributed by atoms with Crippen molar-refractivity contribution in [3.05, 3.63) is 0 Å². The molecule has 4 saturated heterocycles. The van der Waals surface area contributed by atoms with E-state index in [1.165, 1.54) is 0 Å². The van der Waals surface area contributed by atoms with Crippen LogP contribution in [-0.2, 0) is 42.7 Å². The molecule has 0 aliphatic carbocycles. The van der Waals surface area contributed by atoms with Crippen LogP contribution in [0, 0.1) is 5.41 Å². The molecule has 4 rings (SSSR count). The van der Waals surface area contributed by atoms with Gasteiger partial charge in [-0.1, -0.05) is 0 Å². The SMILES string of the molecule is CC1(C)OC2C(COC(=O)C3(C)COC(=O)OC3)OC3OC(C)(C)O[C@H]3C2O1. The van der Waals surface area contributed by atoms with Crippen molar-refractivity contribution >= 4 is 12.1 Å². The Kier molecular flexibility index (Phi) is 4.63. The molecule has 4 heterocycles. The Bertz CT molecular complexity index is 649. The van der Waals surface area contributed by atoms with Crippen molar-refractivity contribution in [2.75, 3.05) is 19.8 Å². The summed E-state index contributed by atoms with van der Waals surface area (Å²) < 4.78 is 44.8. The number of carbonyl (C=O) groups excluding carboxylic acids is 2. The molecule has 4 unspecified atom stereocenters. The molecule has 0 spiro atoms. The Balaban J connectivity index is 1.44. The molecule has 10 heteroatoms. The molecule has 4 aliphatic heterocycles. The lowest BCUT2D eigenvalue weighted by molar-refractivity contribution is -0.244. The van der Waals surface area contributed by atoms with Crippen molar-refractivity contribution < 1.29 is 47.5 Å². The Hall–Kier alpha value is -1.46. The zero-order chi connectivity index (χ0) is 20.3. The molecule has 0 aromatic rings. The predicted octanol–water partition coefficient (Wildman–Crippen LogP) is 1.10. The third kappa shape index (κ3) is 3.59. The molecule has 10 nitrogen and oxygen atoms in total. The first kappa shape index (κ1) is 19.8. The molecule has 0 N–H and O–H groups in total. The van der Waals surface area contributed by atoms with Gasteiger partial charge in [-0.15, -0.1) is 0 Å². The van der Waals surface area contributed by atoms with Crippen LogP contribution in [0.5, 0.6) is 0 Å². The van der Waals surface area contributed by atoms with Gasteiger partial charge in [0.25, 0.3) is 0 Å². The van der Waals surface area contributed by atoms with Gasteiger partial charge in [-0.05, 0) is 34.6 Å². The summed E-state index contributed by atoms with van der Waals surface area (Å²) >= 11 is 0. The van der Waals surface area contributed by atoms with E-state index in [0.717, 1.165) is 0 Å². The summed E-state index contributed by atoms with van der Waals surface area (Å²) in [6.45, 7) is 8.52. The van der Waals surface area contributed by atoms with Crippen LogP contribution in [0.4, 0.5) is 4.79 Å². The average Bonchev–Trinajstić information content (AvgIpc) is 3.09. The minimum Gasteiger partial charge on any atom is -0.462 e. The predicted molar refractivity (Wildman–Crippen MR) is 88.9 cm³/mol. The van der Waals surface area contributed by atoms with E-state index in [4.69, 9.17) is 37.9 Å². The fourth-order valence-electron chi connectivity index (χ4n) is 3.80. The number of carbonyl (C=O) groups is 2. The summed E-state index contributed by atoms with van der Waals surface area (Å²) in [5.74, 6) is -2.20. The third-order valence-electron chi connectivity index (χ3n) is 5.14. The van der Waals surface area contributed by atoms with Gasteiger partial charge in [0, 0.05) is 0 Å². The van der Waals surface area contributed by atoms with E-state index in [2.05, 4.69) is 0 Å². The van der Waals surface area contributed by atoms with Gasteiger partial charge in [0.05, 0.1) is 0 Å². The van der Waals surface area contributed by atoms with Crippen LogP contribution in [-0.4, -0.2) is 74.2 Å². The number of rotatable bonds is 3. The van der Waals surface area contributed by atoms with Crippen LogP contribution in [0.1, 0.15) is 34.6 Å². The second-order valence-electron chi connectivity index (χ2n) is 8.69. The van der Waals surface area contributed by atoms with Gasteiger partial charge in [0.1, 0.15) is 49.7 Å². The van der Waals surface area contributed by atoms with E-state index in [9.17, 15) is 9.59 Å². The molecule has 4 aliphatic rings. The standard InChI is InChI=1S/C18H26O10/c1-16(2)25-10-9(6-21-14(19)18(5)7-22-15(20)23-8-18)24-13-12(11(10)26-16)27-17(3,4)28-13/h9-13H,6-8H2,1-5H3/t9?,10?,11?,12-,13?/m0/s1. The first-order valence-electron chi connectivity index (χ1n) is 9.32. The minimum absolute atomic E-state index is 0.0734. The molecule has 0 amide bonds. The fourth-order valence-corrected chi connectivity index (χ4v) is 3.80. The van der Waals surface area contributed by atoms with E-state index < -0.39 is 59.8 Å². The third-order valence-corrected chi connectivity index (χ3v) is 5.14. The Morgan fingerprint density at radius 1 is 0.929 bits per heavy atom. The molecule has 0 aromatic carbocycles. The van der Waals surface area contributed by atoms with Gasteiger partial charge >= 0.3 is 12.1 Å². The lowest BCUT2D eigenvalue weighted by Gasteiger charge is -2.37. The molecule has 5 atom stereocenters. The molecular formula is C18H26O10. The molecule has 0 saturated carbocycles. The largest absolute Gasteiger partial charge is 0.508 e. The first-order valence-corrected chi connectivity index (χ1v) is 9.32. The Labute approximate surface area is 162 Å². The smallest absolute Gasteiger partial charge is 0.462 e. The average molecular weight is 402 g/mol. The molecule has 0 aromatic heterocycles. The van der Waals surface area contributed by atoms with Crippen molar-refractivity contribution in [2.45, 2.75) is 76.9 Å². The van der Waals surface area contributed by atoms with Crippen molar-refractivity contribution in [2.24, 2.45) is 5.41 Å². The number of cyclic esters (lactones) is 2. The van der Waals surface area contributed by atoms with Gasteiger partial charge in [0.2, 0.25) is 0 Å². The summed E-state index contributed by atoms with van der Waals surface area (Å²) in [4.78, 5) is 23.6. The first-order chi connectivity index (χ1) is 13.0. The number of ether oxygens (including phenoxy) is 8. The van der Waals surface area contributed by atoms with Crippen LogP contribution in [0.15, 0.2) is 0 Å². The van der Waals surface area contributed by atoms with Crippen LogP contribution in [0.2, 0.25) is 0 Å². The topological polar surface area (TPSA) is 108 Å². The maximum absolute atomic E-state index is 12.5. The monoisotopic (exact) mass is 402 g/mol. The normalized spacial score (nSPS) is 40.0. The van der Waals surface area contributed by atoms with Gasteiger partial charge in [0.15, 0.2) is 17.9 Å². The maximum Gasteiger partial charge on any atom is 0.508 e. The van der Waals surface area contributed by atoms with Crippen molar-refractivity contribution in [1.82, 2.24) is 0 Å². The summed E-state index contributed by atoms with van der Waals surface area (Å²) in [5.41, 5.74) is -1.08. The molecule has 28 heavy (non-hydrogen) atoms. The van der Waals surface area contributed by atoms with E-state index in [-0.39, 0.29) is 19.8 Å². The zero-order valence-electron chi connectivity index (χ0n) is 16.6. The summed E-state index contributed by atoms with van der Waals surface area (Å²) in [6, 6.07) is 0. The minimum atomic E-state index is -1.08. The van der Waals surface area contributed by atoms with Crippen molar-refractivity contribution in [1.29, 1.82) is 0 Å². The lowest BCUT2D eigenvalue weighted by atomic mass is 9.92. The summed E-state index contributed by atoms with van der Waals surface area (Å²) in [5, 5.41) is 0. The summed E-state index contributed by atoms with van der Waals surface area (Å²) in [6.07, 6.45) is -3.42. The lowest BCUT2D eigenvalue weighted by Crippen LogP contribution is -2.56. The zero-order valence-corrected chi connectivity index (χ0v) is 16.6. The Morgan fingerprint density at radius 3 is 2.18 bits per heavy atom. The number of hydrogen-bond acceptors (Lipinski definition) is 10. The van der Waals surface area contributed by atoms with Crippen LogP contribution in [0.25, 0.3) is 0 Å². The van der Waals surface area contributed by atoms with Crippen molar-refractivity contribution in [3.63, 3.8) is 0 Å². The summed E-state index contributed by atoms with van der Waals surface area (Å²) in [7, 11) is 0. The Morgan fingerprint density at radius 2 is 1.50 bits per heavy atom. The van der Waals surface area contributed by atoms with Crippen molar-refractivity contribution in [3.8, 4) is 0 Å².